The number of nitrogens with one attached hydrogen (secondary N) is 1. The number of nitrogens with two attached hydrogens (primary N) is 1. The highest BCUT2D eigenvalue weighted by Crippen LogP contribution is 2.22. The lowest BCUT2D eigenvalue weighted by molar-refractivity contribution is 1.11. The molecule has 100 valence electrons. The molecule has 0 amide bonds. The maximum absolute atomic E-state index is 5.93. The van der Waals surface area contributed by atoms with Crippen molar-refractivity contribution in [3.05, 3.63) is 58.8 Å². The topological polar surface area (TPSA) is 63.8 Å². The summed E-state index contributed by atoms with van der Waals surface area (Å²) in [5, 5.41) is 4.38. The summed E-state index contributed by atoms with van der Waals surface area (Å²) in [5.74, 6) is 0.682. The van der Waals surface area contributed by atoms with E-state index in [2.05, 4.69) is 49.4 Å². The first-order valence-electron chi connectivity index (χ1n) is 6.21. The zero-order valence-corrected chi connectivity index (χ0v) is 12.3. The van der Waals surface area contributed by atoms with Crippen molar-refractivity contribution < 1.29 is 0 Å². The van der Waals surface area contributed by atoms with Crippen molar-refractivity contribution in [1.82, 2.24) is 9.97 Å². The maximum atomic E-state index is 5.93. The lowest BCUT2D eigenvalue weighted by Crippen LogP contribution is -2.05. The van der Waals surface area contributed by atoms with Crippen LogP contribution >= 0.6 is 15.9 Å². The van der Waals surface area contributed by atoms with Gasteiger partial charge >= 0.3 is 0 Å². The highest BCUT2D eigenvalue weighted by Gasteiger charge is 2.04. The van der Waals surface area contributed by atoms with Crippen molar-refractivity contribution in [3.8, 4) is 0 Å². The Morgan fingerprint density at radius 2 is 2.00 bits per heavy atom. The minimum absolute atomic E-state index is 0.618. The van der Waals surface area contributed by atoms with E-state index in [4.69, 9.17) is 5.73 Å². The summed E-state index contributed by atoms with van der Waals surface area (Å²) in [6, 6.07) is 12.0. The Bertz CT molecular complexity index is 752. The van der Waals surface area contributed by atoms with Gasteiger partial charge in [-0.15, -0.1) is 0 Å². The third-order valence-corrected chi connectivity index (χ3v) is 3.48. The van der Waals surface area contributed by atoms with Crippen molar-refractivity contribution in [1.29, 1.82) is 0 Å². The molecule has 0 bridgehead atoms. The van der Waals surface area contributed by atoms with Crippen molar-refractivity contribution in [3.63, 3.8) is 0 Å². The van der Waals surface area contributed by atoms with Gasteiger partial charge < -0.3 is 11.1 Å². The molecule has 0 aliphatic heterocycles. The van der Waals surface area contributed by atoms with Gasteiger partial charge in [-0.05, 0) is 33.6 Å². The van der Waals surface area contributed by atoms with E-state index in [1.807, 2.05) is 18.2 Å². The Morgan fingerprint density at radius 3 is 2.85 bits per heavy atom. The van der Waals surface area contributed by atoms with Gasteiger partial charge in [-0.25, -0.2) is 4.98 Å². The molecule has 0 radical (unpaired) electrons. The van der Waals surface area contributed by atoms with Crippen LogP contribution in [0.4, 0.5) is 11.5 Å². The number of para-hydroxylation sites is 1. The van der Waals surface area contributed by atoms with E-state index in [9.17, 15) is 0 Å². The molecule has 0 atom stereocenters. The molecular weight excluding hydrogens is 316 g/mol. The van der Waals surface area contributed by atoms with Gasteiger partial charge in [0, 0.05) is 28.8 Å². The number of hydrogen-bond donors (Lipinski definition) is 2. The fraction of sp³-hybridized carbons (Fsp3) is 0.0667. The van der Waals surface area contributed by atoms with Crippen LogP contribution < -0.4 is 11.1 Å². The molecule has 4 nitrogen and oxygen atoms in total. The molecule has 20 heavy (non-hydrogen) atoms. The maximum Gasteiger partial charge on any atom is 0.149 e. The molecule has 0 saturated carbocycles. The fourth-order valence-corrected chi connectivity index (χ4v) is 2.44. The van der Waals surface area contributed by atoms with Crippen molar-refractivity contribution >= 4 is 38.3 Å². The van der Waals surface area contributed by atoms with Crippen LogP contribution in [0.2, 0.25) is 0 Å². The Kier molecular flexibility index (Phi) is 3.52. The Morgan fingerprint density at radius 1 is 1.15 bits per heavy atom. The van der Waals surface area contributed by atoms with Crippen LogP contribution in [-0.2, 0) is 6.54 Å². The van der Waals surface area contributed by atoms with Crippen molar-refractivity contribution in [2.75, 3.05) is 11.1 Å². The average molecular weight is 329 g/mol. The van der Waals surface area contributed by atoms with Gasteiger partial charge in [-0.3, -0.25) is 4.98 Å². The number of nitrogens with zero attached hydrogens (tertiary/aromatic N) is 2. The molecule has 5 heteroatoms. The molecule has 0 saturated heterocycles. The molecule has 3 aromatic rings. The normalized spacial score (nSPS) is 10.7. The number of aromatic nitrogens is 2. The highest BCUT2D eigenvalue weighted by atomic mass is 79.9. The smallest absolute Gasteiger partial charge is 0.149 e. The fourth-order valence-electron chi connectivity index (χ4n) is 2.09. The van der Waals surface area contributed by atoms with Crippen LogP contribution in [0.15, 0.2) is 53.3 Å². The van der Waals surface area contributed by atoms with Crippen LogP contribution in [0.5, 0.6) is 0 Å². The molecule has 3 rings (SSSR count). The molecule has 0 aliphatic rings. The summed E-state index contributed by atoms with van der Waals surface area (Å²) in [5.41, 5.74) is 8.66. The van der Waals surface area contributed by atoms with Crippen LogP contribution in [0.1, 0.15) is 5.56 Å². The molecule has 0 spiro atoms. The number of halogens is 1. The molecule has 0 unspecified atom stereocenters. The number of rotatable bonds is 3. The number of nitrogen functional groups attached to an aromatic ring is 1. The first-order valence-corrected chi connectivity index (χ1v) is 7.01. The number of hydrogen-bond acceptors (Lipinski definition) is 4. The Hall–Kier alpha value is -2.14. The zero-order valence-electron chi connectivity index (χ0n) is 10.7. The molecule has 1 aromatic carbocycles. The predicted octanol–water partition coefficient (Wildman–Crippen LogP) is 3.59. The van der Waals surface area contributed by atoms with Gasteiger partial charge in [0.25, 0.3) is 0 Å². The summed E-state index contributed by atoms with van der Waals surface area (Å²) < 4.78 is 0.868. The van der Waals surface area contributed by atoms with E-state index in [1.54, 1.807) is 12.4 Å². The van der Waals surface area contributed by atoms with E-state index in [0.29, 0.717) is 18.1 Å². The van der Waals surface area contributed by atoms with E-state index >= 15 is 0 Å². The lowest BCUT2D eigenvalue weighted by atomic mass is 10.1. The quantitative estimate of drug-likeness (QED) is 0.771. The second-order valence-electron chi connectivity index (χ2n) is 4.44. The molecule has 3 N–H and O–H groups in total. The van der Waals surface area contributed by atoms with E-state index in [0.717, 1.165) is 20.9 Å². The van der Waals surface area contributed by atoms with Crippen LogP contribution in [0, 0.1) is 0 Å². The second kappa shape index (κ2) is 5.46. The van der Waals surface area contributed by atoms with Gasteiger partial charge in [0.2, 0.25) is 0 Å². The van der Waals surface area contributed by atoms with Gasteiger partial charge in [-0.2, -0.15) is 0 Å². The van der Waals surface area contributed by atoms with Crippen LogP contribution in [-0.4, -0.2) is 9.97 Å². The highest BCUT2D eigenvalue weighted by molar-refractivity contribution is 9.10. The monoisotopic (exact) mass is 328 g/mol. The van der Waals surface area contributed by atoms with Crippen LogP contribution in [0.25, 0.3) is 10.9 Å². The third-order valence-electron chi connectivity index (χ3n) is 3.05. The van der Waals surface area contributed by atoms with E-state index in [1.165, 1.54) is 0 Å². The molecular formula is C15H13BrN4. The van der Waals surface area contributed by atoms with Gasteiger partial charge in [-0.1, -0.05) is 24.3 Å². The number of fused-ring (bicyclic) bond motifs is 1. The molecule has 0 aliphatic carbocycles. The molecule has 2 heterocycles. The van der Waals surface area contributed by atoms with E-state index < -0.39 is 0 Å². The third kappa shape index (κ3) is 2.58. The Labute approximate surface area is 125 Å². The standard InChI is InChI=1S/C15H13BrN4/c16-12-7-13(17)15(20-9-12)19-8-11-4-1-3-10-5-2-6-18-14(10)11/h1-7,9H,8,17H2,(H,19,20). The van der Waals surface area contributed by atoms with Crippen molar-refractivity contribution in [2.24, 2.45) is 0 Å². The van der Waals surface area contributed by atoms with Crippen LogP contribution in [0.3, 0.4) is 0 Å². The number of pyridine rings is 2. The summed E-state index contributed by atoms with van der Waals surface area (Å²) in [6.07, 6.45) is 3.53. The van der Waals surface area contributed by atoms with E-state index in [-0.39, 0.29) is 0 Å². The largest absolute Gasteiger partial charge is 0.396 e. The average Bonchev–Trinajstić information content (AvgIpc) is 2.46. The number of anilines is 2. The molecule has 0 fully saturated rings. The molecule has 2 aromatic heterocycles. The van der Waals surface area contributed by atoms with Gasteiger partial charge in [0.1, 0.15) is 5.82 Å². The van der Waals surface area contributed by atoms with Gasteiger partial charge in [0.15, 0.2) is 0 Å². The Balaban J connectivity index is 1.87. The lowest BCUT2D eigenvalue weighted by Gasteiger charge is -2.10. The zero-order chi connectivity index (χ0) is 13.9. The first-order chi connectivity index (χ1) is 9.74. The first kappa shape index (κ1) is 12.9. The summed E-state index contributed by atoms with van der Waals surface area (Å²) >= 11 is 3.34. The summed E-state index contributed by atoms with van der Waals surface area (Å²) in [4.78, 5) is 8.70. The predicted molar refractivity (Wildman–Crippen MR) is 85.4 cm³/mol. The minimum Gasteiger partial charge on any atom is -0.396 e. The SMILES string of the molecule is Nc1cc(Br)cnc1NCc1cccc2cccnc12. The van der Waals surface area contributed by atoms with Gasteiger partial charge in [0.05, 0.1) is 11.2 Å². The van der Waals surface area contributed by atoms with Crippen molar-refractivity contribution in [2.45, 2.75) is 6.54 Å². The summed E-state index contributed by atoms with van der Waals surface area (Å²) in [7, 11) is 0. The number of benzene rings is 1. The summed E-state index contributed by atoms with van der Waals surface area (Å²) in [6.45, 7) is 0.632. The second-order valence-corrected chi connectivity index (χ2v) is 5.35. The minimum atomic E-state index is 0.618.